The van der Waals surface area contributed by atoms with Crippen molar-refractivity contribution in [1.82, 2.24) is 9.55 Å². The summed E-state index contributed by atoms with van der Waals surface area (Å²) in [5.74, 6) is 0. The largest absolute Gasteiger partial charge is 0.413 e. The Morgan fingerprint density at radius 1 is 0.886 bits per heavy atom. The van der Waals surface area contributed by atoms with Crippen LogP contribution in [0.1, 0.15) is 95.7 Å². The smallest absolute Gasteiger partial charge is 0.349 e. The summed E-state index contributed by atoms with van der Waals surface area (Å²) in [5.41, 5.74) is 2.62. The van der Waals surface area contributed by atoms with Crippen molar-refractivity contribution in [3.05, 3.63) is 28.9 Å². The van der Waals surface area contributed by atoms with Crippen molar-refractivity contribution in [2.24, 2.45) is 0 Å². The van der Waals surface area contributed by atoms with Crippen LogP contribution >= 0.6 is 0 Å². The molecule has 2 heterocycles. The van der Waals surface area contributed by atoms with E-state index in [0.717, 1.165) is 0 Å². The molecule has 1 aliphatic heterocycles. The fraction of sp³-hybridized carbons (Fsp3) is 0.852. The molecule has 35 heavy (non-hydrogen) atoms. The minimum absolute atomic E-state index is 0.107. The van der Waals surface area contributed by atoms with Gasteiger partial charge in [-0.1, -0.05) is 83.1 Å². The third-order valence-electron chi connectivity index (χ3n) is 8.50. The van der Waals surface area contributed by atoms with Crippen LogP contribution in [0.15, 0.2) is 23.3 Å². The molecule has 0 spiro atoms. The molecule has 0 saturated carbocycles. The summed E-state index contributed by atoms with van der Waals surface area (Å²) in [5, 5.41) is 0. The summed E-state index contributed by atoms with van der Waals surface area (Å²) < 4.78 is 22.4. The van der Waals surface area contributed by atoms with E-state index in [1.807, 2.05) is 0 Å². The van der Waals surface area contributed by atoms with Gasteiger partial charge in [0.05, 0.1) is 12.7 Å². The van der Waals surface area contributed by atoms with Gasteiger partial charge in [0.1, 0.15) is 12.3 Å². The van der Waals surface area contributed by atoms with Crippen molar-refractivity contribution in [2.45, 2.75) is 141 Å². The first kappa shape index (κ1) is 30.4. The van der Waals surface area contributed by atoms with Gasteiger partial charge in [-0.3, -0.25) is 4.57 Å². The highest BCUT2D eigenvalue weighted by atomic mass is 28.4. The van der Waals surface area contributed by atoms with Crippen LogP contribution in [0.5, 0.6) is 0 Å². The zero-order valence-electron chi connectivity index (χ0n) is 24.4. The van der Waals surface area contributed by atoms with Gasteiger partial charge in [0.2, 0.25) is 8.32 Å². The molecular formula is C27H52N2O4Si2. The molecule has 0 radical (unpaired) electrons. The predicted octanol–water partition coefficient (Wildman–Crippen LogP) is 7.28. The zero-order chi connectivity index (χ0) is 26.7. The van der Waals surface area contributed by atoms with Gasteiger partial charge in [-0.2, -0.15) is 0 Å². The van der Waals surface area contributed by atoms with E-state index in [0.29, 0.717) is 46.3 Å². The highest BCUT2D eigenvalue weighted by molar-refractivity contribution is 6.78. The molecule has 3 atom stereocenters. The second-order valence-electron chi connectivity index (χ2n) is 12.3. The number of nitrogens with zero attached hydrogens (tertiary/aromatic N) is 2. The Labute approximate surface area is 216 Å². The van der Waals surface area contributed by atoms with Gasteiger partial charge in [-0.25, -0.2) is 9.78 Å². The highest BCUT2D eigenvalue weighted by Gasteiger charge is 2.51. The highest BCUT2D eigenvalue weighted by Crippen LogP contribution is 2.47. The first-order chi connectivity index (χ1) is 16.2. The van der Waals surface area contributed by atoms with Crippen molar-refractivity contribution < 1.29 is 13.6 Å². The molecule has 1 aromatic heterocycles. The SMILES string of the molecule is CC(C)[Si](OC[C@H]1O[C@@H](n2cccnc2=O)C[C@@H]1O[Si](C(C)C)(C(C)C)C(C)C)(C(C)C)C(C)C. The van der Waals surface area contributed by atoms with Crippen molar-refractivity contribution in [3.63, 3.8) is 0 Å². The van der Waals surface area contributed by atoms with Crippen LogP contribution in [0.25, 0.3) is 0 Å². The number of hydrogen-bond donors (Lipinski definition) is 0. The molecule has 0 amide bonds. The second-order valence-corrected chi connectivity index (χ2v) is 23.1. The molecule has 0 aliphatic carbocycles. The maximum Gasteiger partial charge on any atom is 0.349 e. The lowest BCUT2D eigenvalue weighted by atomic mass is 10.2. The van der Waals surface area contributed by atoms with E-state index < -0.39 is 16.6 Å². The summed E-state index contributed by atoms with van der Waals surface area (Å²) in [7, 11) is -4.21. The molecule has 0 bridgehead atoms. The molecule has 1 aliphatic rings. The molecule has 0 N–H and O–H groups in total. The Morgan fingerprint density at radius 2 is 1.37 bits per heavy atom. The fourth-order valence-electron chi connectivity index (χ4n) is 7.13. The van der Waals surface area contributed by atoms with Gasteiger partial charge in [0.15, 0.2) is 8.32 Å². The maximum absolute atomic E-state index is 12.5. The first-order valence-corrected chi connectivity index (χ1v) is 18.0. The number of rotatable bonds is 12. The quantitative estimate of drug-likeness (QED) is 0.269. The molecule has 0 aromatic carbocycles. The van der Waals surface area contributed by atoms with Gasteiger partial charge in [-0.05, 0) is 39.3 Å². The van der Waals surface area contributed by atoms with Crippen LogP contribution in [-0.4, -0.2) is 45.0 Å². The molecule has 1 fully saturated rings. The molecule has 8 heteroatoms. The molecule has 1 aromatic rings. The van der Waals surface area contributed by atoms with Crippen LogP contribution in [0, 0.1) is 0 Å². The number of ether oxygens (including phenoxy) is 1. The van der Waals surface area contributed by atoms with Gasteiger partial charge in [0, 0.05) is 18.8 Å². The van der Waals surface area contributed by atoms with Crippen LogP contribution in [0.3, 0.4) is 0 Å². The van der Waals surface area contributed by atoms with Crippen molar-refractivity contribution in [2.75, 3.05) is 6.61 Å². The first-order valence-electron chi connectivity index (χ1n) is 13.7. The summed E-state index contributed by atoms with van der Waals surface area (Å²) >= 11 is 0. The summed E-state index contributed by atoms with van der Waals surface area (Å²) in [4.78, 5) is 16.5. The topological polar surface area (TPSA) is 62.6 Å². The van der Waals surface area contributed by atoms with E-state index in [-0.39, 0.29) is 24.1 Å². The van der Waals surface area contributed by atoms with Gasteiger partial charge in [0.25, 0.3) is 0 Å². The fourth-order valence-corrected chi connectivity index (χ4v) is 18.2. The average molecular weight is 525 g/mol. The van der Waals surface area contributed by atoms with E-state index in [1.165, 1.54) is 6.20 Å². The number of aromatic nitrogens is 2. The lowest BCUT2D eigenvalue weighted by molar-refractivity contribution is -0.0422. The lowest BCUT2D eigenvalue weighted by Gasteiger charge is -2.45. The van der Waals surface area contributed by atoms with Gasteiger partial charge >= 0.3 is 5.69 Å². The average Bonchev–Trinajstić information content (AvgIpc) is 3.13. The summed E-state index contributed by atoms with van der Waals surface area (Å²) in [6, 6.07) is 1.79. The van der Waals surface area contributed by atoms with Crippen molar-refractivity contribution >= 4 is 16.6 Å². The zero-order valence-corrected chi connectivity index (χ0v) is 26.4. The summed E-state index contributed by atoms with van der Waals surface area (Å²) in [6.45, 7) is 28.2. The normalized spacial score (nSPS) is 22.1. The van der Waals surface area contributed by atoms with Crippen LogP contribution < -0.4 is 5.69 Å². The second kappa shape index (κ2) is 12.2. The summed E-state index contributed by atoms with van der Waals surface area (Å²) in [6.07, 6.45) is 3.24. The van der Waals surface area contributed by atoms with Crippen molar-refractivity contribution in [1.29, 1.82) is 0 Å². The van der Waals surface area contributed by atoms with Crippen LogP contribution in [0.4, 0.5) is 0 Å². The van der Waals surface area contributed by atoms with Crippen LogP contribution in [0.2, 0.25) is 33.2 Å². The van der Waals surface area contributed by atoms with E-state index in [9.17, 15) is 4.79 Å². The van der Waals surface area contributed by atoms with E-state index in [1.54, 1.807) is 16.8 Å². The Kier molecular flexibility index (Phi) is 10.6. The molecule has 6 nitrogen and oxygen atoms in total. The monoisotopic (exact) mass is 524 g/mol. The molecule has 0 unspecified atom stereocenters. The maximum atomic E-state index is 12.5. The molecule has 202 valence electrons. The molecule has 1 saturated heterocycles. The van der Waals surface area contributed by atoms with Gasteiger partial charge in [-0.15, -0.1) is 0 Å². The van der Waals surface area contributed by atoms with E-state index >= 15 is 0 Å². The Bertz CT molecular complexity index is 810. The predicted molar refractivity (Wildman–Crippen MR) is 150 cm³/mol. The van der Waals surface area contributed by atoms with E-state index in [2.05, 4.69) is 88.1 Å². The van der Waals surface area contributed by atoms with Gasteiger partial charge < -0.3 is 13.6 Å². The van der Waals surface area contributed by atoms with Crippen LogP contribution in [-0.2, 0) is 13.6 Å². The third kappa shape index (κ3) is 6.03. The Hall–Kier alpha value is -0.806. The van der Waals surface area contributed by atoms with Crippen molar-refractivity contribution in [3.8, 4) is 0 Å². The van der Waals surface area contributed by atoms with E-state index in [4.69, 9.17) is 13.6 Å². The Balaban J connectivity index is 2.44. The Morgan fingerprint density at radius 3 is 1.80 bits per heavy atom. The number of hydrogen-bond acceptors (Lipinski definition) is 5. The minimum Gasteiger partial charge on any atom is -0.413 e. The standard InChI is InChI=1S/C27H52N2O4Si2/c1-18(2)34(19(3)4,20(5)6)31-17-25-24(33-35(21(7)8,22(9)10)23(11)12)16-26(32-25)29-15-13-14-28-27(29)30/h13-15,18-26H,16-17H2,1-12H3/t24-,25+,26+/m0/s1. The minimum atomic E-state index is -2.15. The third-order valence-corrected chi connectivity index (χ3v) is 20.7. The molecule has 2 rings (SSSR count). The molecular weight excluding hydrogens is 472 g/mol. The lowest BCUT2D eigenvalue weighted by Crippen LogP contribution is -2.53.